The van der Waals surface area contributed by atoms with Crippen LogP contribution in [-0.4, -0.2) is 20.0 Å². The first kappa shape index (κ1) is 12.7. The van der Waals surface area contributed by atoms with E-state index in [2.05, 4.69) is 22.2 Å². The third kappa shape index (κ3) is 2.92. The molecule has 0 aliphatic carbocycles. The van der Waals surface area contributed by atoms with Crippen LogP contribution in [0, 0.1) is 6.92 Å². The van der Waals surface area contributed by atoms with Crippen molar-refractivity contribution in [1.82, 2.24) is 20.0 Å². The maximum Gasteiger partial charge on any atom is 0.0994 e. The van der Waals surface area contributed by atoms with Crippen LogP contribution >= 0.6 is 0 Å². The van der Waals surface area contributed by atoms with Crippen LogP contribution in [0.2, 0.25) is 0 Å². The predicted molar refractivity (Wildman–Crippen MR) is 69.9 cm³/mol. The summed E-state index contributed by atoms with van der Waals surface area (Å²) in [6.07, 6.45) is 5.69. The average molecular weight is 245 g/mol. The minimum absolute atomic E-state index is 0.0198. The van der Waals surface area contributed by atoms with Gasteiger partial charge in [0, 0.05) is 6.20 Å². The minimum Gasteiger partial charge on any atom is -0.323 e. The number of hydrogen-bond donors (Lipinski definition) is 1. The molecular weight excluding hydrogens is 226 g/mol. The zero-order valence-electron chi connectivity index (χ0n) is 10.9. The molecular formula is C13H19N5. The maximum absolute atomic E-state index is 6.01. The third-order valence-corrected chi connectivity index (χ3v) is 2.97. The summed E-state index contributed by atoms with van der Waals surface area (Å²) in [5.41, 5.74) is 9.03. The monoisotopic (exact) mass is 245 g/mol. The van der Waals surface area contributed by atoms with Gasteiger partial charge in [-0.25, -0.2) is 4.68 Å². The highest BCUT2D eigenvalue weighted by Crippen LogP contribution is 2.13. The Balaban J connectivity index is 2.09. The molecule has 0 bridgehead atoms. The Morgan fingerprint density at radius 2 is 2.28 bits per heavy atom. The van der Waals surface area contributed by atoms with Crippen LogP contribution in [0.5, 0.6) is 0 Å². The Morgan fingerprint density at radius 3 is 3.00 bits per heavy atom. The first-order chi connectivity index (χ1) is 8.70. The Kier molecular flexibility index (Phi) is 4.04. The van der Waals surface area contributed by atoms with E-state index < -0.39 is 0 Å². The van der Waals surface area contributed by atoms with Crippen molar-refractivity contribution >= 4 is 0 Å². The normalized spacial score (nSPS) is 12.6. The van der Waals surface area contributed by atoms with Gasteiger partial charge in [-0.1, -0.05) is 24.6 Å². The number of nitrogens with zero attached hydrogens (tertiary/aromatic N) is 4. The van der Waals surface area contributed by atoms with Gasteiger partial charge in [-0.05, 0) is 25.0 Å². The molecule has 0 fully saturated rings. The molecule has 0 aliphatic rings. The lowest BCUT2D eigenvalue weighted by Gasteiger charge is -2.05. The molecule has 1 unspecified atom stereocenters. The number of nitrogens with two attached hydrogens (primary N) is 1. The van der Waals surface area contributed by atoms with Crippen molar-refractivity contribution in [2.24, 2.45) is 5.73 Å². The van der Waals surface area contributed by atoms with Crippen LogP contribution in [0.4, 0.5) is 0 Å². The highest BCUT2D eigenvalue weighted by molar-refractivity contribution is 5.17. The van der Waals surface area contributed by atoms with Crippen molar-refractivity contribution in [2.45, 2.75) is 39.3 Å². The Morgan fingerprint density at radius 1 is 1.44 bits per heavy atom. The number of aryl methyl sites for hydroxylation is 1. The number of hydrogen-bond acceptors (Lipinski definition) is 4. The predicted octanol–water partition coefficient (Wildman–Crippen LogP) is 1.83. The van der Waals surface area contributed by atoms with E-state index >= 15 is 0 Å². The molecule has 2 aromatic rings. The lowest BCUT2D eigenvalue weighted by molar-refractivity contribution is 0.616. The van der Waals surface area contributed by atoms with E-state index in [-0.39, 0.29) is 6.04 Å². The molecule has 96 valence electrons. The van der Waals surface area contributed by atoms with Gasteiger partial charge in [0.1, 0.15) is 0 Å². The highest BCUT2D eigenvalue weighted by atomic mass is 15.4. The van der Waals surface area contributed by atoms with E-state index in [1.165, 1.54) is 0 Å². The van der Waals surface area contributed by atoms with Crippen molar-refractivity contribution in [2.75, 3.05) is 0 Å². The van der Waals surface area contributed by atoms with Crippen LogP contribution in [0.1, 0.15) is 42.8 Å². The van der Waals surface area contributed by atoms with Crippen molar-refractivity contribution < 1.29 is 0 Å². The minimum atomic E-state index is -0.0198. The number of aromatic nitrogens is 4. The second-order valence-electron chi connectivity index (χ2n) is 4.50. The molecule has 0 amide bonds. The summed E-state index contributed by atoms with van der Waals surface area (Å²) in [4.78, 5) is 4.34. The molecule has 2 heterocycles. The molecule has 2 aromatic heterocycles. The zero-order chi connectivity index (χ0) is 13.0. The molecule has 5 heteroatoms. The lowest BCUT2D eigenvalue weighted by atomic mass is 10.1. The number of rotatable bonds is 5. The molecule has 1 atom stereocenters. The SMILES string of the molecule is CCCC(N)c1cn(Cc2ncccc2C)nn1. The van der Waals surface area contributed by atoms with Crippen LogP contribution in [-0.2, 0) is 6.54 Å². The summed E-state index contributed by atoms with van der Waals surface area (Å²) in [5.74, 6) is 0. The summed E-state index contributed by atoms with van der Waals surface area (Å²) < 4.78 is 1.79. The van der Waals surface area contributed by atoms with E-state index in [1.54, 1.807) is 10.9 Å². The molecule has 2 N–H and O–H groups in total. The Hall–Kier alpha value is -1.75. The lowest BCUT2D eigenvalue weighted by Crippen LogP contribution is -2.10. The molecule has 0 saturated heterocycles. The van der Waals surface area contributed by atoms with Crippen molar-refractivity contribution in [3.63, 3.8) is 0 Å². The summed E-state index contributed by atoms with van der Waals surface area (Å²) >= 11 is 0. The number of pyridine rings is 1. The van der Waals surface area contributed by atoms with Gasteiger partial charge in [0.2, 0.25) is 0 Å². The third-order valence-electron chi connectivity index (χ3n) is 2.97. The molecule has 0 radical (unpaired) electrons. The van der Waals surface area contributed by atoms with Crippen molar-refractivity contribution in [3.8, 4) is 0 Å². The maximum atomic E-state index is 6.01. The first-order valence-electron chi connectivity index (χ1n) is 6.26. The molecule has 0 saturated carbocycles. The zero-order valence-corrected chi connectivity index (χ0v) is 10.9. The summed E-state index contributed by atoms with van der Waals surface area (Å²) in [7, 11) is 0. The quantitative estimate of drug-likeness (QED) is 0.872. The second-order valence-corrected chi connectivity index (χ2v) is 4.50. The van der Waals surface area contributed by atoms with Crippen LogP contribution in [0.15, 0.2) is 24.5 Å². The standard InChI is InChI=1S/C13H19N5/c1-3-5-11(14)13-9-18(17-16-13)8-12-10(2)6-4-7-15-12/h4,6-7,9,11H,3,5,8,14H2,1-2H3. The molecule has 0 spiro atoms. The first-order valence-corrected chi connectivity index (χ1v) is 6.26. The van der Waals surface area contributed by atoms with Crippen molar-refractivity contribution in [1.29, 1.82) is 0 Å². The largest absolute Gasteiger partial charge is 0.323 e. The van der Waals surface area contributed by atoms with Gasteiger partial charge in [-0.3, -0.25) is 4.98 Å². The van der Waals surface area contributed by atoms with Crippen LogP contribution in [0.3, 0.4) is 0 Å². The molecule has 2 rings (SSSR count). The van der Waals surface area contributed by atoms with E-state index in [9.17, 15) is 0 Å². The summed E-state index contributed by atoms with van der Waals surface area (Å²) in [6, 6.07) is 3.96. The fourth-order valence-electron chi connectivity index (χ4n) is 1.86. The Bertz CT molecular complexity index is 506. The smallest absolute Gasteiger partial charge is 0.0994 e. The fraction of sp³-hybridized carbons (Fsp3) is 0.462. The van der Waals surface area contributed by atoms with Gasteiger partial charge in [0.15, 0.2) is 0 Å². The average Bonchev–Trinajstić information content (AvgIpc) is 2.81. The van der Waals surface area contributed by atoms with Crippen molar-refractivity contribution in [3.05, 3.63) is 41.5 Å². The van der Waals surface area contributed by atoms with Gasteiger partial charge >= 0.3 is 0 Å². The summed E-state index contributed by atoms with van der Waals surface area (Å²) in [5, 5.41) is 8.22. The van der Waals surface area contributed by atoms with Crippen LogP contribution < -0.4 is 5.73 Å². The van der Waals surface area contributed by atoms with Crippen LogP contribution in [0.25, 0.3) is 0 Å². The molecule has 0 aliphatic heterocycles. The Labute approximate surface area is 107 Å². The van der Waals surface area contributed by atoms with Gasteiger partial charge in [-0.15, -0.1) is 5.10 Å². The van der Waals surface area contributed by atoms with E-state index in [0.29, 0.717) is 6.54 Å². The van der Waals surface area contributed by atoms with E-state index in [0.717, 1.165) is 29.8 Å². The van der Waals surface area contributed by atoms with E-state index in [1.807, 2.05) is 25.3 Å². The van der Waals surface area contributed by atoms with Gasteiger partial charge in [0.05, 0.1) is 30.2 Å². The topological polar surface area (TPSA) is 69.6 Å². The molecule has 0 aromatic carbocycles. The molecule has 18 heavy (non-hydrogen) atoms. The molecule has 5 nitrogen and oxygen atoms in total. The van der Waals surface area contributed by atoms with Gasteiger partial charge < -0.3 is 5.73 Å². The fourth-order valence-corrected chi connectivity index (χ4v) is 1.86. The summed E-state index contributed by atoms with van der Waals surface area (Å²) in [6.45, 7) is 4.79. The highest BCUT2D eigenvalue weighted by Gasteiger charge is 2.10. The van der Waals surface area contributed by atoms with Gasteiger partial charge in [0.25, 0.3) is 0 Å². The second kappa shape index (κ2) is 5.73. The van der Waals surface area contributed by atoms with E-state index in [4.69, 9.17) is 5.73 Å². The van der Waals surface area contributed by atoms with Gasteiger partial charge in [-0.2, -0.15) is 0 Å².